The number of amides is 1. The molecule has 5 rings (SSSR count). The van der Waals surface area contributed by atoms with Gasteiger partial charge in [-0.05, 0) is 37.8 Å². The molecule has 1 atom stereocenters. The first kappa shape index (κ1) is 19.7. The Labute approximate surface area is 178 Å². The van der Waals surface area contributed by atoms with E-state index in [4.69, 9.17) is 0 Å². The highest BCUT2D eigenvalue weighted by Crippen LogP contribution is 2.32. The fraction of sp³-hybridized carbons (Fsp3) is 0.500. The summed E-state index contributed by atoms with van der Waals surface area (Å²) in [6.07, 6.45) is 6.30. The molecule has 9 nitrogen and oxygen atoms in total. The number of hydrogen-bond donors (Lipinski definition) is 1. The van der Waals surface area contributed by atoms with Gasteiger partial charge in [-0.1, -0.05) is 18.6 Å². The zero-order valence-electron chi connectivity index (χ0n) is 17.4. The van der Waals surface area contributed by atoms with Crippen LogP contribution in [0.4, 0.5) is 0 Å². The summed E-state index contributed by atoms with van der Waals surface area (Å²) in [6, 6.07) is 6.65. The van der Waals surface area contributed by atoms with E-state index in [1.54, 1.807) is 24.3 Å². The first-order chi connectivity index (χ1) is 15.1. The van der Waals surface area contributed by atoms with Crippen molar-refractivity contribution in [2.75, 3.05) is 6.54 Å². The number of benzene rings is 1. The number of nitrogens with zero attached hydrogens (tertiary/aromatic N) is 5. The Morgan fingerprint density at radius 1 is 1.03 bits per heavy atom. The van der Waals surface area contributed by atoms with Gasteiger partial charge >= 0.3 is 0 Å². The second-order valence-electron chi connectivity index (χ2n) is 8.38. The highest BCUT2D eigenvalue weighted by Gasteiger charge is 2.34. The van der Waals surface area contributed by atoms with Crippen LogP contribution in [0.25, 0.3) is 10.8 Å². The van der Waals surface area contributed by atoms with Crippen LogP contribution in [-0.2, 0) is 24.3 Å². The van der Waals surface area contributed by atoms with Gasteiger partial charge in [-0.2, -0.15) is 0 Å². The van der Waals surface area contributed by atoms with Crippen LogP contribution >= 0.6 is 0 Å². The van der Waals surface area contributed by atoms with E-state index in [1.807, 2.05) is 4.90 Å². The van der Waals surface area contributed by atoms with Crippen LogP contribution in [0, 0.1) is 0 Å². The molecule has 1 aromatic carbocycles. The van der Waals surface area contributed by atoms with E-state index in [0.717, 1.165) is 50.3 Å². The smallest absolute Gasteiger partial charge is 0.273 e. The lowest BCUT2D eigenvalue weighted by atomic mass is 10.2. The SMILES string of the molecule is O=C(CCn1[nH]c(=O)c2ccccc2c1=O)N1CCCC1c1nnc2n1CCCCC2. The maximum atomic E-state index is 13.1. The number of carbonyl (C=O) groups is 1. The zero-order valence-corrected chi connectivity index (χ0v) is 17.4. The second-order valence-corrected chi connectivity index (χ2v) is 8.38. The lowest BCUT2D eigenvalue weighted by Gasteiger charge is -2.25. The molecule has 1 unspecified atom stereocenters. The number of H-pyrrole nitrogens is 1. The Hall–Kier alpha value is -3.23. The van der Waals surface area contributed by atoms with Gasteiger partial charge in [-0.3, -0.25) is 19.5 Å². The zero-order chi connectivity index (χ0) is 21.4. The normalized spacial score (nSPS) is 18.8. The lowest BCUT2D eigenvalue weighted by molar-refractivity contribution is -0.132. The molecule has 0 radical (unpaired) electrons. The van der Waals surface area contributed by atoms with Crippen molar-refractivity contribution in [3.63, 3.8) is 0 Å². The second kappa shape index (κ2) is 8.13. The minimum Gasteiger partial charge on any atom is -0.332 e. The molecule has 0 bridgehead atoms. The first-order valence-electron chi connectivity index (χ1n) is 11.1. The molecule has 3 aromatic rings. The number of aryl methyl sites for hydroxylation is 2. The van der Waals surface area contributed by atoms with Crippen LogP contribution in [0.1, 0.15) is 56.2 Å². The summed E-state index contributed by atoms with van der Waals surface area (Å²) in [5.41, 5.74) is -0.614. The highest BCUT2D eigenvalue weighted by atomic mass is 16.2. The van der Waals surface area contributed by atoms with Gasteiger partial charge in [0, 0.05) is 25.9 Å². The molecule has 0 spiro atoms. The third kappa shape index (κ3) is 3.58. The van der Waals surface area contributed by atoms with Crippen molar-refractivity contribution in [3.05, 3.63) is 56.6 Å². The van der Waals surface area contributed by atoms with Crippen LogP contribution in [-0.4, -0.2) is 41.9 Å². The van der Waals surface area contributed by atoms with Crippen molar-refractivity contribution in [1.82, 2.24) is 29.4 Å². The molecule has 4 heterocycles. The van der Waals surface area contributed by atoms with Crippen molar-refractivity contribution < 1.29 is 4.79 Å². The summed E-state index contributed by atoms with van der Waals surface area (Å²) >= 11 is 0. The molecule has 0 aliphatic carbocycles. The summed E-state index contributed by atoms with van der Waals surface area (Å²) < 4.78 is 3.45. The number of nitrogens with one attached hydrogen (secondary N) is 1. The van der Waals surface area contributed by atoms with Crippen molar-refractivity contribution in [1.29, 1.82) is 0 Å². The van der Waals surface area contributed by atoms with Gasteiger partial charge in [0.1, 0.15) is 5.82 Å². The van der Waals surface area contributed by atoms with Crippen LogP contribution in [0.5, 0.6) is 0 Å². The molecule has 31 heavy (non-hydrogen) atoms. The molecule has 1 saturated heterocycles. The average Bonchev–Trinajstić information content (AvgIpc) is 3.36. The van der Waals surface area contributed by atoms with Crippen molar-refractivity contribution in [2.45, 2.75) is 64.1 Å². The molecule has 9 heteroatoms. The summed E-state index contributed by atoms with van der Waals surface area (Å²) in [5.74, 6) is 1.88. The van der Waals surface area contributed by atoms with Gasteiger partial charge in [-0.15, -0.1) is 10.2 Å². The highest BCUT2D eigenvalue weighted by molar-refractivity contribution is 5.80. The molecule has 1 fully saturated rings. The topological polar surface area (TPSA) is 106 Å². The van der Waals surface area contributed by atoms with E-state index < -0.39 is 0 Å². The quantitative estimate of drug-likeness (QED) is 0.690. The van der Waals surface area contributed by atoms with Gasteiger partial charge in [0.05, 0.1) is 23.4 Å². The molecular weight excluding hydrogens is 396 g/mol. The Morgan fingerprint density at radius 2 is 1.87 bits per heavy atom. The van der Waals surface area contributed by atoms with Crippen molar-refractivity contribution in [2.24, 2.45) is 0 Å². The maximum Gasteiger partial charge on any atom is 0.273 e. The number of carbonyl (C=O) groups excluding carboxylic acids is 1. The standard InChI is InChI=1S/C22H26N6O3/c29-19(11-14-28-22(31)16-8-4-3-7-15(16)21(30)25-28)26-13-6-9-17(26)20-24-23-18-10-2-1-5-12-27(18)20/h3-4,7-8,17H,1-2,5-6,9-14H2,(H,25,30). The van der Waals surface area contributed by atoms with Gasteiger partial charge in [-0.25, -0.2) is 4.68 Å². The number of likely N-dealkylation sites (tertiary alicyclic amines) is 1. The largest absolute Gasteiger partial charge is 0.332 e. The Bertz CT molecular complexity index is 1240. The fourth-order valence-corrected chi connectivity index (χ4v) is 4.84. The summed E-state index contributed by atoms with van der Waals surface area (Å²) in [6.45, 7) is 1.72. The number of aromatic nitrogens is 5. The third-order valence-electron chi connectivity index (χ3n) is 6.44. The van der Waals surface area contributed by atoms with E-state index in [0.29, 0.717) is 17.3 Å². The third-order valence-corrected chi connectivity index (χ3v) is 6.44. The molecule has 162 valence electrons. The van der Waals surface area contributed by atoms with Crippen LogP contribution < -0.4 is 11.1 Å². The molecule has 2 aliphatic rings. The Morgan fingerprint density at radius 3 is 2.74 bits per heavy atom. The van der Waals surface area contributed by atoms with Crippen LogP contribution in [0.3, 0.4) is 0 Å². The Balaban J connectivity index is 1.35. The summed E-state index contributed by atoms with van der Waals surface area (Å²) in [4.78, 5) is 39.9. The lowest BCUT2D eigenvalue weighted by Crippen LogP contribution is -2.35. The van der Waals surface area contributed by atoms with E-state index in [2.05, 4.69) is 19.9 Å². The molecule has 1 amide bonds. The first-order valence-corrected chi connectivity index (χ1v) is 11.1. The monoisotopic (exact) mass is 422 g/mol. The molecular formula is C22H26N6O3. The predicted molar refractivity (Wildman–Crippen MR) is 115 cm³/mol. The molecule has 1 N–H and O–H groups in total. The number of aromatic amines is 1. The van der Waals surface area contributed by atoms with Crippen molar-refractivity contribution >= 4 is 16.7 Å². The van der Waals surface area contributed by atoms with Crippen LogP contribution in [0.2, 0.25) is 0 Å². The van der Waals surface area contributed by atoms with Gasteiger partial charge in [0.2, 0.25) is 5.91 Å². The summed E-state index contributed by atoms with van der Waals surface area (Å²) in [5, 5.41) is 12.2. The average molecular weight is 422 g/mol. The number of hydrogen-bond acceptors (Lipinski definition) is 5. The van der Waals surface area contributed by atoms with E-state index in [-0.39, 0.29) is 36.0 Å². The minimum atomic E-state index is -0.326. The predicted octanol–water partition coefficient (Wildman–Crippen LogP) is 1.76. The van der Waals surface area contributed by atoms with Gasteiger partial charge in [0.15, 0.2) is 5.82 Å². The minimum absolute atomic E-state index is 0.0330. The summed E-state index contributed by atoms with van der Waals surface area (Å²) in [7, 11) is 0. The molecule has 0 saturated carbocycles. The van der Waals surface area contributed by atoms with Gasteiger partial charge < -0.3 is 9.47 Å². The number of fused-ring (bicyclic) bond motifs is 2. The molecule has 2 aromatic heterocycles. The molecule has 2 aliphatic heterocycles. The maximum absolute atomic E-state index is 13.1. The van der Waals surface area contributed by atoms with Gasteiger partial charge in [0.25, 0.3) is 11.1 Å². The fourth-order valence-electron chi connectivity index (χ4n) is 4.84. The van der Waals surface area contributed by atoms with Crippen molar-refractivity contribution in [3.8, 4) is 0 Å². The van der Waals surface area contributed by atoms with Crippen LogP contribution in [0.15, 0.2) is 33.9 Å². The Kier molecular flexibility index (Phi) is 5.17. The number of rotatable bonds is 4. The van der Waals surface area contributed by atoms with E-state index >= 15 is 0 Å². The van der Waals surface area contributed by atoms with E-state index in [9.17, 15) is 14.4 Å². The van der Waals surface area contributed by atoms with E-state index in [1.165, 1.54) is 11.1 Å².